The van der Waals surface area contributed by atoms with Crippen molar-refractivity contribution in [3.63, 3.8) is 0 Å². The quantitative estimate of drug-likeness (QED) is 0.803. The van der Waals surface area contributed by atoms with E-state index in [1.54, 1.807) is 7.11 Å². The molecule has 0 aromatic heterocycles. The smallest absolute Gasteiger partial charge is 0.0467 e. The summed E-state index contributed by atoms with van der Waals surface area (Å²) in [5, 5.41) is 3.69. The van der Waals surface area contributed by atoms with Crippen molar-refractivity contribution in [2.24, 2.45) is 11.3 Å². The highest BCUT2D eigenvalue weighted by molar-refractivity contribution is 4.80. The zero-order valence-electron chi connectivity index (χ0n) is 13.7. The Morgan fingerprint density at radius 3 is 2.74 bits per heavy atom. The standard InChI is InChI=1S/C16H34N2O/c1-6-15-7-9-18(12-14(2)11-17-15)13-16(3,4)8-10-19-5/h14-15,17H,6-13H2,1-5H3. The van der Waals surface area contributed by atoms with Gasteiger partial charge in [-0.25, -0.2) is 0 Å². The first-order chi connectivity index (χ1) is 8.96. The van der Waals surface area contributed by atoms with Crippen LogP contribution in [0.3, 0.4) is 0 Å². The van der Waals surface area contributed by atoms with Crippen LogP contribution in [0.1, 0.15) is 47.0 Å². The van der Waals surface area contributed by atoms with Crippen molar-refractivity contribution in [1.82, 2.24) is 10.2 Å². The summed E-state index contributed by atoms with van der Waals surface area (Å²) in [4.78, 5) is 2.67. The third kappa shape index (κ3) is 6.73. The van der Waals surface area contributed by atoms with Crippen molar-refractivity contribution >= 4 is 0 Å². The van der Waals surface area contributed by atoms with E-state index in [-0.39, 0.29) is 0 Å². The van der Waals surface area contributed by atoms with Gasteiger partial charge >= 0.3 is 0 Å². The molecule has 2 unspecified atom stereocenters. The Morgan fingerprint density at radius 1 is 1.37 bits per heavy atom. The van der Waals surface area contributed by atoms with Crippen LogP contribution in [0.4, 0.5) is 0 Å². The molecule has 1 heterocycles. The summed E-state index contributed by atoms with van der Waals surface area (Å²) < 4.78 is 5.24. The molecule has 0 bridgehead atoms. The average Bonchev–Trinajstić information content (AvgIpc) is 2.33. The number of hydrogen-bond donors (Lipinski definition) is 1. The minimum atomic E-state index is 0.351. The third-order valence-corrected chi connectivity index (χ3v) is 4.25. The normalized spacial score (nSPS) is 27.0. The molecule has 114 valence electrons. The van der Waals surface area contributed by atoms with Crippen molar-refractivity contribution in [2.45, 2.75) is 53.0 Å². The van der Waals surface area contributed by atoms with E-state index >= 15 is 0 Å². The van der Waals surface area contributed by atoms with Crippen molar-refractivity contribution in [3.05, 3.63) is 0 Å². The predicted octanol–water partition coefficient (Wildman–Crippen LogP) is 2.76. The Balaban J connectivity index is 2.49. The number of rotatable bonds is 6. The van der Waals surface area contributed by atoms with Gasteiger partial charge in [0.1, 0.15) is 0 Å². The van der Waals surface area contributed by atoms with Gasteiger partial charge < -0.3 is 15.0 Å². The molecule has 0 aliphatic carbocycles. The van der Waals surface area contributed by atoms with Crippen LogP contribution in [0.2, 0.25) is 0 Å². The maximum Gasteiger partial charge on any atom is 0.0467 e. The van der Waals surface area contributed by atoms with Gasteiger partial charge in [-0.3, -0.25) is 0 Å². The molecule has 1 saturated heterocycles. The topological polar surface area (TPSA) is 24.5 Å². The van der Waals surface area contributed by atoms with E-state index in [2.05, 4.69) is 37.9 Å². The number of nitrogens with zero attached hydrogens (tertiary/aromatic N) is 1. The molecule has 0 aromatic carbocycles. The monoisotopic (exact) mass is 270 g/mol. The largest absolute Gasteiger partial charge is 0.385 e. The summed E-state index contributed by atoms with van der Waals surface area (Å²) in [6, 6.07) is 0.701. The second kappa shape index (κ2) is 8.23. The predicted molar refractivity (Wildman–Crippen MR) is 82.6 cm³/mol. The van der Waals surface area contributed by atoms with E-state index in [0.717, 1.165) is 25.5 Å². The fraction of sp³-hybridized carbons (Fsp3) is 1.00. The SMILES string of the molecule is CCC1CCN(CC(C)(C)CCOC)CC(C)CN1. The van der Waals surface area contributed by atoms with Gasteiger partial charge in [0.05, 0.1) is 0 Å². The summed E-state index contributed by atoms with van der Waals surface area (Å²) in [5.41, 5.74) is 0.351. The van der Waals surface area contributed by atoms with Gasteiger partial charge in [0, 0.05) is 32.8 Å². The Morgan fingerprint density at radius 2 is 2.11 bits per heavy atom. The maximum atomic E-state index is 5.24. The van der Waals surface area contributed by atoms with Gasteiger partial charge in [-0.2, -0.15) is 0 Å². The average molecular weight is 270 g/mol. The molecule has 3 nitrogen and oxygen atoms in total. The molecule has 19 heavy (non-hydrogen) atoms. The summed E-state index contributed by atoms with van der Waals surface area (Å²) in [6.45, 7) is 15.1. The molecule has 0 amide bonds. The fourth-order valence-corrected chi connectivity index (χ4v) is 2.96. The van der Waals surface area contributed by atoms with E-state index in [0.29, 0.717) is 11.5 Å². The second-order valence-corrected chi connectivity index (χ2v) is 7.05. The number of methoxy groups -OCH3 is 1. The van der Waals surface area contributed by atoms with E-state index in [4.69, 9.17) is 4.74 Å². The molecule has 1 aliphatic rings. The molecule has 1 aliphatic heterocycles. The Hall–Kier alpha value is -0.120. The highest BCUT2D eigenvalue weighted by Gasteiger charge is 2.24. The number of ether oxygens (including phenoxy) is 1. The van der Waals surface area contributed by atoms with Gasteiger partial charge in [0.15, 0.2) is 0 Å². The van der Waals surface area contributed by atoms with Crippen molar-refractivity contribution in [1.29, 1.82) is 0 Å². The van der Waals surface area contributed by atoms with Crippen LogP contribution in [0.25, 0.3) is 0 Å². The first-order valence-electron chi connectivity index (χ1n) is 7.91. The van der Waals surface area contributed by atoms with Crippen molar-refractivity contribution in [3.8, 4) is 0 Å². The molecule has 0 radical (unpaired) electrons. The molecule has 1 N–H and O–H groups in total. The third-order valence-electron chi connectivity index (χ3n) is 4.25. The Labute approximate surface area is 120 Å². The van der Waals surface area contributed by atoms with Crippen LogP contribution in [0.5, 0.6) is 0 Å². The molecule has 1 rings (SSSR count). The molecule has 1 fully saturated rings. The maximum absolute atomic E-state index is 5.24. The van der Waals surface area contributed by atoms with Crippen LogP contribution in [0, 0.1) is 11.3 Å². The second-order valence-electron chi connectivity index (χ2n) is 7.05. The minimum Gasteiger partial charge on any atom is -0.385 e. The summed E-state index contributed by atoms with van der Waals surface area (Å²) in [6.07, 6.45) is 3.67. The van der Waals surface area contributed by atoms with Gasteiger partial charge in [-0.05, 0) is 43.7 Å². The van der Waals surface area contributed by atoms with Crippen LogP contribution in [0.15, 0.2) is 0 Å². The highest BCUT2D eigenvalue weighted by atomic mass is 16.5. The molecular weight excluding hydrogens is 236 g/mol. The Kier molecular flexibility index (Phi) is 7.33. The summed E-state index contributed by atoms with van der Waals surface area (Å²) in [5.74, 6) is 0.743. The molecule has 2 atom stereocenters. The summed E-state index contributed by atoms with van der Waals surface area (Å²) in [7, 11) is 1.80. The van der Waals surface area contributed by atoms with E-state index in [9.17, 15) is 0 Å². The van der Waals surface area contributed by atoms with E-state index < -0.39 is 0 Å². The molecule has 0 spiro atoms. The first-order valence-corrected chi connectivity index (χ1v) is 7.91. The van der Waals surface area contributed by atoms with Crippen LogP contribution in [-0.2, 0) is 4.74 Å². The van der Waals surface area contributed by atoms with Gasteiger partial charge in [-0.1, -0.05) is 27.7 Å². The minimum absolute atomic E-state index is 0.351. The van der Waals surface area contributed by atoms with Crippen molar-refractivity contribution in [2.75, 3.05) is 39.9 Å². The zero-order valence-corrected chi connectivity index (χ0v) is 13.7. The van der Waals surface area contributed by atoms with Gasteiger partial charge in [0.2, 0.25) is 0 Å². The van der Waals surface area contributed by atoms with Gasteiger partial charge in [0.25, 0.3) is 0 Å². The van der Waals surface area contributed by atoms with Crippen LogP contribution >= 0.6 is 0 Å². The highest BCUT2D eigenvalue weighted by Crippen LogP contribution is 2.23. The number of nitrogens with one attached hydrogen (secondary N) is 1. The number of hydrogen-bond acceptors (Lipinski definition) is 3. The molecule has 3 heteroatoms. The molecular formula is C16H34N2O. The Bertz CT molecular complexity index is 243. The van der Waals surface area contributed by atoms with Crippen molar-refractivity contribution < 1.29 is 4.74 Å². The lowest BCUT2D eigenvalue weighted by molar-refractivity contribution is 0.100. The molecule has 0 saturated carbocycles. The lowest BCUT2D eigenvalue weighted by Gasteiger charge is -2.37. The summed E-state index contributed by atoms with van der Waals surface area (Å²) >= 11 is 0. The van der Waals surface area contributed by atoms with Crippen LogP contribution < -0.4 is 5.32 Å². The van der Waals surface area contributed by atoms with Gasteiger partial charge in [-0.15, -0.1) is 0 Å². The fourth-order valence-electron chi connectivity index (χ4n) is 2.96. The van der Waals surface area contributed by atoms with E-state index in [1.807, 2.05) is 0 Å². The molecule has 0 aromatic rings. The first kappa shape index (κ1) is 16.9. The zero-order chi connectivity index (χ0) is 14.3. The van der Waals surface area contributed by atoms with Crippen LogP contribution in [-0.4, -0.2) is 50.8 Å². The van der Waals surface area contributed by atoms with E-state index in [1.165, 1.54) is 32.5 Å². The lowest BCUT2D eigenvalue weighted by Crippen LogP contribution is -2.46. The lowest BCUT2D eigenvalue weighted by atomic mass is 9.88.